The standard InChI is InChI=1S/C19H15ClN2O4/c1-10-7-11(2)9-14(8-10)22-17(23)15(20)16(18(22)24)21-13-5-3-12(4-6-13)19(25)26/h3-9,21H,1-2H3,(H,25,26). The number of benzene rings is 2. The Morgan fingerprint density at radius 2 is 1.58 bits per heavy atom. The summed E-state index contributed by atoms with van der Waals surface area (Å²) in [6.07, 6.45) is 0. The molecular formula is C19H15ClN2O4. The minimum Gasteiger partial charge on any atom is -0.478 e. The van der Waals surface area contributed by atoms with Crippen molar-refractivity contribution < 1.29 is 19.5 Å². The van der Waals surface area contributed by atoms with Crippen LogP contribution in [0.25, 0.3) is 0 Å². The number of hydrogen-bond donors (Lipinski definition) is 2. The lowest BCUT2D eigenvalue weighted by Crippen LogP contribution is -2.32. The number of amides is 2. The van der Waals surface area contributed by atoms with Crippen molar-refractivity contribution >= 4 is 40.8 Å². The zero-order chi connectivity index (χ0) is 19.0. The highest BCUT2D eigenvalue weighted by molar-refractivity contribution is 6.53. The number of carbonyl (C=O) groups is 3. The summed E-state index contributed by atoms with van der Waals surface area (Å²) in [5.41, 5.74) is 2.81. The van der Waals surface area contributed by atoms with E-state index in [4.69, 9.17) is 16.7 Å². The molecule has 2 N–H and O–H groups in total. The average molecular weight is 371 g/mol. The van der Waals surface area contributed by atoms with Crippen LogP contribution in [0, 0.1) is 13.8 Å². The normalized spacial score (nSPS) is 14.2. The predicted octanol–water partition coefficient (Wildman–Crippen LogP) is 3.44. The second-order valence-corrected chi connectivity index (χ2v) is 6.37. The largest absolute Gasteiger partial charge is 0.478 e. The van der Waals surface area contributed by atoms with Crippen LogP contribution in [0.2, 0.25) is 0 Å². The van der Waals surface area contributed by atoms with Crippen molar-refractivity contribution in [2.45, 2.75) is 13.8 Å². The van der Waals surface area contributed by atoms with Gasteiger partial charge >= 0.3 is 5.97 Å². The number of rotatable bonds is 4. The van der Waals surface area contributed by atoms with E-state index in [0.717, 1.165) is 16.0 Å². The third-order valence-corrected chi connectivity index (χ3v) is 4.24. The molecular weight excluding hydrogens is 356 g/mol. The maximum atomic E-state index is 12.7. The molecule has 0 fully saturated rings. The highest BCUT2D eigenvalue weighted by Gasteiger charge is 2.39. The van der Waals surface area contributed by atoms with E-state index in [2.05, 4.69) is 5.32 Å². The molecule has 1 heterocycles. The lowest BCUT2D eigenvalue weighted by atomic mass is 10.1. The van der Waals surface area contributed by atoms with Crippen molar-refractivity contribution in [3.8, 4) is 0 Å². The zero-order valence-corrected chi connectivity index (χ0v) is 14.8. The van der Waals surface area contributed by atoms with E-state index in [-0.39, 0.29) is 16.3 Å². The lowest BCUT2D eigenvalue weighted by Gasteiger charge is -2.16. The van der Waals surface area contributed by atoms with E-state index in [1.165, 1.54) is 24.3 Å². The van der Waals surface area contributed by atoms with Gasteiger partial charge in [0.05, 0.1) is 11.3 Å². The number of aromatic carboxylic acids is 1. The number of hydrogen-bond acceptors (Lipinski definition) is 4. The fraction of sp³-hybridized carbons (Fsp3) is 0.105. The van der Waals surface area contributed by atoms with Gasteiger partial charge in [0, 0.05) is 5.69 Å². The van der Waals surface area contributed by atoms with E-state index in [9.17, 15) is 14.4 Å². The molecule has 0 saturated carbocycles. The van der Waals surface area contributed by atoms with E-state index in [1.54, 1.807) is 12.1 Å². The van der Waals surface area contributed by atoms with Crippen molar-refractivity contribution in [3.63, 3.8) is 0 Å². The third-order valence-electron chi connectivity index (χ3n) is 3.89. The van der Waals surface area contributed by atoms with Gasteiger partial charge in [0.1, 0.15) is 10.7 Å². The molecule has 3 rings (SSSR count). The molecule has 0 radical (unpaired) electrons. The molecule has 0 saturated heterocycles. The summed E-state index contributed by atoms with van der Waals surface area (Å²) in [5.74, 6) is -2.22. The van der Waals surface area contributed by atoms with Gasteiger partial charge in [-0.3, -0.25) is 9.59 Å². The van der Waals surface area contributed by atoms with Gasteiger partial charge in [0.25, 0.3) is 11.8 Å². The number of imide groups is 1. The van der Waals surface area contributed by atoms with Gasteiger partial charge in [-0.05, 0) is 61.4 Å². The van der Waals surface area contributed by atoms with Crippen LogP contribution >= 0.6 is 11.6 Å². The minimum absolute atomic E-state index is 0.0427. The van der Waals surface area contributed by atoms with Gasteiger partial charge in [0.2, 0.25) is 0 Å². The maximum absolute atomic E-state index is 12.7. The molecule has 26 heavy (non-hydrogen) atoms. The molecule has 7 heteroatoms. The Hall–Kier alpha value is -3.12. The first-order chi connectivity index (χ1) is 12.3. The summed E-state index contributed by atoms with van der Waals surface area (Å²) >= 11 is 6.09. The quantitative estimate of drug-likeness (QED) is 0.805. The summed E-state index contributed by atoms with van der Waals surface area (Å²) in [6, 6.07) is 11.2. The fourth-order valence-corrected chi connectivity index (χ4v) is 2.98. The molecule has 0 bridgehead atoms. The number of nitrogens with zero attached hydrogens (tertiary/aromatic N) is 1. The number of aryl methyl sites for hydroxylation is 2. The van der Waals surface area contributed by atoms with Gasteiger partial charge in [-0.1, -0.05) is 17.7 Å². The van der Waals surface area contributed by atoms with Crippen LogP contribution in [0.3, 0.4) is 0 Å². The molecule has 2 aromatic rings. The van der Waals surface area contributed by atoms with Crippen molar-refractivity contribution in [1.29, 1.82) is 0 Å². The molecule has 1 aliphatic rings. The van der Waals surface area contributed by atoms with Crippen LogP contribution in [0.4, 0.5) is 11.4 Å². The number of carboxylic acids is 1. The van der Waals surface area contributed by atoms with E-state index in [1.807, 2.05) is 19.9 Å². The Labute approximate surface area is 154 Å². The van der Waals surface area contributed by atoms with Gasteiger partial charge in [-0.15, -0.1) is 0 Å². The molecule has 0 unspecified atom stereocenters. The number of carboxylic acid groups (broad SMARTS) is 1. The molecule has 2 amide bonds. The van der Waals surface area contributed by atoms with Gasteiger partial charge in [-0.2, -0.15) is 0 Å². The lowest BCUT2D eigenvalue weighted by molar-refractivity contribution is -0.120. The third kappa shape index (κ3) is 3.19. The van der Waals surface area contributed by atoms with Crippen molar-refractivity contribution in [3.05, 3.63) is 69.9 Å². The Morgan fingerprint density at radius 1 is 1.00 bits per heavy atom. The highest BCUT2D eigenvalue weighted by Crippen LogP contribution is 2.31. The second-order valence-electron chi connectivity index (χ2n) is 5.99. The van der Waals surface area contributed by atoms with Gasteiger partial charge < -0.3 is 10.4 Å². The average Bonchev–Trinajstić information content (AvgIpc) is 2.78. The summed E-state index contributed by atoms with van der Waals surface area (Å²) in [4.78, 5) is 37.1. The van der Waals surface area contributed by atoms with Crippen molar-refractivity contribution in [2.24, 2.45) is 0 Å². The minimum atomic E-state index is -1.05. The number of halogens is 1. The smallest absolute Gasteiger partial charge is 0.335 e. The summed E-state index contributed by atoms with van der Waals surface area (Å²) < 4.78 is 0. The molecule has 0 spiro atoms. The number of anilines is 2. The summed E-state index contributed by atoms with van der Waals surface area (Å²) in [5, 5.41) is 11.5. The van der Waals surface area contributed by atoms with Gasteiger partial charge in [0.15, 0.2) is 0 Å². The first-order valence-electron chi connectivity index (χ1n) is 7.75. The SMILES string of the molecule is Cc1cc(C)cc(N2C(=O)C(Cl)=C(Nc3ccc(C(=O)O)cc3)C2=O)c1. The van der Waals surface area contributed by atoms with Crippen molar-refractivity contribution in [2.75, 3.05) is 10.2 Å². The number of carbonyl (C=O) groups excluding carboxylic acids is 2. The Kier molecular flexibility index (Phi) is 4.52. The second kappa shape index (κ2) is 6.65. The number of nitrogens with one attached hydrogen (secondary N) is 1. The molecule has 132 valence electrons. The topological polar surface area (TPSA) is 86.7 Å². The summed E-state index contributed by atoms with van der Waals surface area (Å²) in [6.45, 7) is 3.75. The molecule has 0 aromatic heterocycles. The monoisotopic (exact) mass is 370 g/mol. The van der Waals surface area contributed by atoms with Crippen LogP contribution < -0.4 is 10.2 Å². The van der Waals surface area contributed by atoms with Crippen LogP contribution in [-0.2, 0) is 9.59 Å². The van der Waals surface area contributed by atoms with E-state index in [0.29, 0.717) is 11.4 Å². The molecule has 2 aromatic carbocycles. The zero-order valence-electron chi connectivity index (χ0n) is 14.0. The maximum Gasteiger partial charge on any atom is 0.335 e. The first-order valence-corrected chi connectivity index (χ1v) is 8.13. The molecule has 0 atom stereocenters. The van der Waals surface area contributed by atoms with Crippen LogP contribution in [-0.4, -0.2) is 22.9 Å². The summed E-state index contributed by atoms with van der Waals surface area (Å²) in [7, 11) is 0. The van der Waals surface area contributed by atoms with Crippen molar-refractivity contribution in [1.82, 2.24) is 0 Å². The predicted molar refractivity (Wildman–Crippen MR) is 98.3 cm³/mol. The molecule has 0 aliphatic carbocycles. The fourth-order valence-electron chi connectivity index (χ4n) is 2.77. The van der Waals surface area contributed by atoms with E-state index < -0.39 is 17.8 Å². The Balaban J connectivity index is 1.90. The van der Waals surface area contributed by atoms with Crippen LogP contribution in [0.5, 0.6) is 0 Å². The highest BCUT2D eigenvalue weighted by atomic mass is 35.5. The van der Waals surface area contributed by atoms with Gasteiger partial charge in [-0.25, -0.2) is 9.69 Å². The first kappa shape index (κ1) is 17.7. The van der Waals surface area contributed by atoms with E-state index >= 15 is 0 Å². The molecule has 1 aliphatic heterocycles. The molecule has 6 nitrogen and oxygen atoms in total. The van der Waals surface area contributed by atoms with Crippen LogP contribution in [0.1, 0.15) is 21.5 Å². The Bertz CT molecular complexity index is 944. The Morgan fingerprint density at radius 3 is 2.12 bits per heavy atom. The van der Waals surface area contributed by atoms with Crippen LogP contribution in [0.15, 0.2) is 53.2 Å².